The number of anilines is 3. The minimum Gasteiger partial charge on any atom is -0.346 e. The van der Waals surface area contributed by atoms with Crippen molar-refractivity contribution >= 4 is 34.6 Å². The van der Waals surface area contributed by atoms with Crippen molar-refractivity contribution < 1.29 is 4.92 Å². The van der Waals surface area contributed by atoms with Crippen LogP contribution in [0.4, 0.5) is 23.0 Å². The van der Waals surface area contributed by atoms with Gasteiger partial charge in [0.1, 0.15) is 6.33 Å². The summed E-state index contributed by atoms with van der Waals surface area (Å²) in [7, 11) is 0. The van der Waals surface area contributed by atoms with Crippen LogP contribution in [-0.4, -0.2) is 21.4 Å². The molecule has 0 bridgehead atoms. The molecule has 1 aromatic heterocycles. The van der Waals surface area contributed by atoms with E-state index in [1.807, 2.05) is 23.1 Å². The third kappa shape index (κ3) is 3.54. The first-order valence-electron chi connectivity index (χ1n) is 8.45. The third-order valence-corrected chi connectivity index (χ3v) is 4.74. The van der Waals surface area contributed by atoms with E-state index in [1.54, 1.807) is 24.3 Å². The number of hydrogen-bond donors (Lipinski definition) is 1. The highest BCUT2D eigenvalue weighted by atomic mass is 35.5. The van der Waals surface area contributed by atoms with Gasteiger partial charge in [-0.25, -0.2) is 9.97 Å². The van der Waals surface area contributed by atoms with Crippen molar-refractivity contribution in [2.24, 2.45) is 0 Å². The third-order valence-electron chi connectivity index (χ3n) is 4.50. The molecule has 0 saturated heterocycles. The number of hydrogen-bond acceptors (Lipinski definition) is 6. The minimum atomic E-state index is -0.442. The van der Waals surface area contributed by atoms with Crippen molar-refractivity contribution in [1.29, 1.82) is 0 Å². The van der Waals surface area contributed by atoms with Crippen LogP contribution in [0.15, 0.2) is 54.9 Å². The van der Waals surface area contributed by atoms with Crippen molar-refractivity contribution in [3.05, 3.63) is 81.1 Å². The molecule has 8 heteroatoms. The topological polar surface area (TPSA) is 84.2 Å². The van der Waals surface area contributed by atoms with Crippen LogP contribution in [0.5, 0.6) is 0 Å². The molecule has 136 valence electrons. The summed E-state index contributed by atoms with van der Waals surface area (Å²) >= 11 is 6.00. The van der Waals surface area contributed by atoms with E-state index in [4.69, 9.17) is 11.6 Å². The molecule has 3 aromatic rings. The Kier molecular flexibility index (Phi) is 4.60. The first kappa shape index (κ1) is 17.2. The molecule has 2 heterocycles. The lowest BCUT2D eigenvalue weighted by atomic mass is 10.00. The maximum atomic E-state index is 11.8. The molecule has 0 unspecified atom stereocenters. The number of benzene rings is 2. The van der Waals surface area contributed by atoms with Crippen LogP contribution < -0.4 is 10.2 Å². The predicted molar refractivity (Wildman–Crippen MR) is 105 cm³/mol. The second-order valence-corrected chi connectivity index (χ2v) is 6.66. The summed E-state index contributed by atoms with van der Waals surface area (Å²) in [4.78, 5) is 21.6. The fraction of sp³-hybridized carbons (Fsp3) is 0.158. The molecule has 1 aliphatic heterocycles. The zero-order chi connectivity index (χ0) is 18.8. The molecule has 0 aliphatic carbocycles. The van der Waals surface area contributed by atoms with Gasteiger partial charge in [-0.15, -0.1) is 0 Å². The minimum absolute atomic E-state index is 0.142. The lowest BCUT2D eigenvalue weighted by Crippen LogP contribution is -2.31. The Morgan fingerprint density at radius 2 is 1.93 bits per heavy atom. The molecule has 0 amide bonds. The van der Waals surface area contributed by atoms with Crippen LogP contribution in [0.25, 0.3) is 0 Å². The number of nitrogens with one attached hydrogen (secondary N) is 1. The van der Waals surface area contributed by atoms with Gasteiger partial charge in [-0.05, 0) is 35.7 Å². The predicted octanol–water partition coefficient (Wildman–Crippen LogP) is 4.34. The number of fused-ring (bicyclic) bond motifs is 1. The molecule has 4 rings (SSSR count). The van der Waals surface area contributed by atoms with Crippen LogP contribution in [0.2, 0.25) is 5.02 Å². The summed E-state index contributed by atoms with van der Waals surface area (Å²) in [6.45, 7) is 1.23. The number of aromatic nitrogens is 2. The highest BCUT2D eigenvalue weighted by Crippen LogP contribution is 2.36. The summed E-state index contributed by atoms with van der Waals surface area (Å²) in [5.74, 6) is 0.458. The molecule has 0 atom stereocenters. The van der Waals surface area contributed by atoms with E-state index in [0.717, 1.165) is 12.0 Å². The zero-order valence-corrected chi connectivity index (χ0v) is 15.1. The molecule has 1 N–H and O–H groups in total. The molecule has 2 aromatic carbocycles. The van der Waals surface area contributed by atoms with Crippen molar-refractivity contribution in [1.82, 2.24) is 9.97 Å². The van der Waals surface area contributed by atoms with E-state index >= 15 is 0 Å². The van der Waals surface area contributed by atoms with Gasteiger partial charge in [0.05, 0.1) is 4.92 Å². The normalized spacial score (nSPS) is 13.1. The van der Waals surface area contributed by atoms with Gasteiger partial charge < -0.3 is 10.2 Å². The van der Waals surface area contributed by atoms with Crippen LogP contribution in [0, 0.1) is 10.1 Å². The van der Waals surface area contributed by atoms with Crippen molar-refractivity contribution in [3.63, 3.8) is 0 Å². The first-order valence-corrected chi connectivity index (χ1v) is 8.83. The van der Waals surface area contributed by atoms with E-state index in [9.17, 15) is 10.1 Å². The van der Waals surface area contributed by atoms with Gasteiger partial charge in [-0.2, -0.15) is 0 Å². The van der Waals surface area contributed by atoms with Crippen molar-refractivity contribution in [2.75, 3.05) is 16.8 Å². The molecule has 0 spiro atoms. The van der Waals surface area contributed by atoms with Crippen LogP contribution in [0.3, 0.4) is 0 Å². The van der Waals surface area contributed by atoms with Gasteiger partial charge in [0.2, 0.25) is 11.6 Å². The first-order chi connectivity index (χ1) is 13.1. The number of halogens is 1. The molecule has 27 heavy (non-hydrogen) atoms. The lowest BCUT2D eigenvalue weighted by Gasteiger charge is -2.29. The van der Waals surface area contributed by atoms with E-state index < -0.39 is 4.92 Å². The molecule has 1 aliphatic rings. The van der Waals surface area contributed by atoms with Gasteiger partial charge in [-0.1, -0.05) is 41.9 Å². The van der Waals surface area contributed by atoms with Gasteiger partial charge >= 0.3 is 5.69 Å². The van der Waals surface area contributed by atoms with E-state index in [0.29, 0.717) is 29.6 Å². The standard InChI is InChI=1S/C19H16ClN5O2/c20-15-6-3-7-16(10-15)23-18-17(25(26)27)19(22-12-21-18)24-9-8-13-4-1-2-5-14(13)11-24/h1-7,10,12H,8-9,11H2,(H,21,22,23). The highest BCUT2D eigenvalue weighted by Gasteiger charge is 2.29. The quantitative estimate of drug-likeness (QED) is 0.534. The molecule has 0 radical (unpaired) electrons. The van der Waals surface area contributed by atoms with Crippen LogP contribution in [-0.2, 0) is 13.0 Å². The fourth-order valence-electron chi connectivity index (χ4n) is 3.24. The Morgan fingerprint density at radius 3 is 2.70 bits per heavy atom. The summed E-state index contributed by atoms with van der Waals surface area (Å²) in [5, 5.41) is 15.3. The summed E-state index contributed by atoms with van der Waals surface area (Å²) in [5.41, 5.74) is 2.90. The SMILES string of the molecule is O=[N+]([O-])c1c(Nc2cccc(Cl)c2)ncnc1N1CCc2ccccc2C1. The average molecular weight is 382 g/mol. The number of rotatable bonds is 4. The average Bonchev–Trinajstić information content (AvgIpc) is 2.67. The molecule has 0 saturated carbocycles. The Bertz CT molecular complexity index is 1010. The Morgan fingerprint density at radius 1 is 1.11 bits per heavy atom. The van der Waals surface area contributed by atoms with Crippen LogP contribution in [0.1, 0.15) is 11.1 Å². The second kappa shape index (κ2) is 7.20. The largest absolute Gasteiger partial charge is 0.353 e. The Hall–Kier alpha value is -3.19. The van der Waals surface area contributed by atoms with Gasteiger partial charge in [-0.3, -0.25) is 10.1 Å². The molecular formula is C19H16ClN5O2. The van der Waals surface area contributed by atoms with Crippen molar-refractivity contribution in [2.45, 2.75) is 13.0 Å². The zero-order valence-electron chi connectivity index (χ0n) is 14.3. The van der Waals surface area contributed by atoms with E-state index in [2.05, 4.69) is 21.4 Å². The van der Waals surface area contributed by atoms with Gasteiger partial charge in [0.15, 0.2) is 0 Å². The Labute approximate surface area is 160 Å². The van der Waals surface area contributed by atoms with Gasteiger partial charge in [0.25, 0.3) is 0 Å². The second-order valence-electron chi connectivity index (χ2n) is 6.23. The monoisotopic (exact) mass is 381 g/mol. The maximum absolute atomic E-state index is 11.8. The lowest BCUT2D eigenvalue weighted by molar-refractivity contribution is -0.383. The molecule has 7 nitrogen and oxygen atoms in total. The van der Waals surface area contributed by atoms with Crippen LogP contribution >= 0.6 is 11.6 Å². The fourth-order valence-corrected chi connectivity index (χ4v) is 3.43. The van der Waals surface area contributed by atoms with Gasteiger partial charge in [0, 0.05) is 23.8 Å². The van der Waals surface area contributed by atoms with E-state index in [1.165, 1.54) is 11.9 Å². The highest BCUT2D eigenvalue weighted by molar-refractivity contribution is 6.30. The number of nitro groups is 1. The smallest absolute Gasteiger partial charge is 0.346 e. The summed E-state index contributed by atoms with van der Waals surface area (Å²) < 4.78 is 0. The maximum Gasteiger partial charge on any atom is 0.353 e. The molecule has 0 fully saturated rings. The number of nitrogens with zero attached hydrogens (tertiary/aromatic N) is 4. The summed E-state index contributed by atoms with van der Waals surface area (Å²) in [6.07, 6.45) is 2.16. The molecular weight excluding hydrogens is 366 g/mol. The Balaban J connectivity index is 1.71. The summed E-state index contributed by atoms with van der Waals surface area (Å²) in [6, 6.07) is 15.1. The van der Waals surface area contributed by atoms with Crippen molar-refractivity contribution in [3.8, 4) is 0 Å². The van der Waals surface area contributed by atoms with E-state index in [-0.39, 0.29) is 11.5 Å².